The van der Waals surface area contributed by atoms with Crippen LogP contribution in [0.5, 0.6) is 0 Å². The van der Waals surface area contributed by atoms with Crippen LogP contribution < -0.4 is 0 Å². The van der Waals surface area contributed by atoms with Crippen LogP contribution in [0.3, 0.4) is 0 Å². The number of epoxide rings is 1. The lowest BCUT2D eigenvalue weighted by atomic mass is 9.55. The van der Waals surface area contributed by atoms with E-state index in [4.69, 9.17) is 23.7 Å². The molecule has 2 aliphatic carbocycles. The summed E-state index contributed by atoms with van der Waals surface area (Å²) in [4.78, 5) is 49.7. The molecule has 11 heteroatoms. The average Bonchev–Trinajstić information content (AvgIpc) is 3.35. The Morgan fingerprint density at radius 2 is 1.62 bits per heavy atom. The Hall–Kier alpha value is -2.76. The van der Waals surface area contributed by atoms with E-state index in [0.29, 0.717) is 5.57 Å². The molecular weight excluding hydrogens is 488 g/mol. The molecule has 0 amide bonds. The van der Waals surface area contributed by atoms with Gasteiger partial charge in [-0.25, -0.2) is 4.79 Å². The fourth-order valence-corrected chi connectivity index (χ4v) is 6.44. The molecule has 10 atom stereocenters. The number of ether oxygens (including phenoxy) is 5. The number of fused-ring (bicyclic) bond motifs is 1. The molecule has 37 heavy (non-hydrogen) atoms. The van der Waals surface area contributed by atoms with E-state index in [-0.39, 0.29) is 6.42 Å². The van der Waals surface area contributed by atoms with E-state index in [0.717, 1.165) is 0 Å². The van der Waals surface area contributed by atoms with Crippen LogP contribution >= 0.6 is 0 Å². The van der Waals surface area contributed by atoms with E-state index < -0.39 is 82.5 Å². The summed E-state index contributed by atoms with van der Waals surface area (Å²) in [6.07, 6.45) is -1.18. The zero-order valence-corrected chi connectivity index (χ0v) is 22.0. The highest BCUT2D eigenvalue weighted by Crippen LogP contribution is 2.65. The number of esters is 4. The van der Waals surface area contributed by atoms with Crippen molar-refractivity contribution in [2.45, 2.75) is 102 Å². The van der Waals surface area contributed by atoms with E-state index in [1.807, 2.05) is 0 Å². The maximum atomic E-state index is 13.0. The maximum absolute atomic E-state index is 13.0. The van der Waals surface area contributed by atoms with Crippen molar-refractivity contribution in [2.75, 3.05) is 0 Å². The third-order valence-corrected chi connectivity index (χ3v) is 8.34. The molecule has 0 bridgehead atoms. The van der Waals surface area contributed by atoms with Gasteiger partial charge in [0.05, 0.1) is 5.60 Å². The predicted molar refractivity (Wildman–Crippen MR) is 125 cm³/mol. The summed E-state index contributed by atoms with van der Waals surface area (Å²) >= 11 is 0. The quantitative estimate of drug-likeness (QED) is 0.235. The van der Waals surface area contributed by atoms with Gasteiger partial charge in [-0.2, -0.15) is 0 Å². The Kier molecular flexibility index (Phi) is 6.37. The summed E-state index contributed by atoms with van der Waals surface area (Å²) in [7, 11) is 0. The highest BCUT2D eigenvalue weighted by Gasteiger charge is 2.87. The van der Waals surface area contributed by atoms with Gasteiger partial charge in [-0.05, 0) is 32.4 Å². The minimum atomic E-state index is -1.95. The number of hydrogen-bond donors (Lipinski definition) is 2. The van der Waals surface area contributed by atoms with E-state index in [1.165, 1.54) is 40.7 Å². The molecule has 0 aromatic carbocycles. The summed E-state index contributed by atoms with van der Waals surface area (Å²) in [6, 6.07) is 0. The van der Waals surface area contributed by atoms with Gasteiger partial charge in [0.25, 0.3) is 0 Å². The summed E-state index contributed by atoms with van der Waals surface area (Å²) in [5.74, 6) is -3.78. The van der Waals surface area contributed by atoms with Crippen LogP contribution in [-0.2, 0) is 42.9 Å². The maximum Gasteiger partial charge on any atom is 0.342 e. The Labute approximate surface area is 214 Å². The van der Waals surface area contributed by atoms with Crippen LogP contribution in [0, 0.1) is 11.3 Å². The summed E-state index contributed by atoms with van der Waals surface area (Å²) in [5.41, 5.74) is -5.85. The number of hydrogen-bond acceptors (Lipinski definition) is 11. The Balaban J connectivity index is 2.03. The van der Waals surface area contributed by atoms with E-state index in [1.54, 1.807) is 26.0 Å². The number of aliphatic hydroxyl groups excluding tert-OH is 1. The lowest BCUT2D eigenvalue weighted by molar-refractivity contribution is -0.215. The fourth-order valence-electron chi connectivity index (χ4n) is 6.44. The molecule has 0 saturated carbocycles. The molecule has 2 N–H and O–H groups in total. The zero-order chi connectivity index (χ0) is 27.7. The molecule has 2 saturated heterocycles. The highest BCUT2D eigenvalue weighted by atomic mass is 16.7. The van der Waals surface area contributed by atoms with Crippen molar-refractivity contribution in [3.05, 3.63) is 23.8 Å². The first-order valence-electron chi connectivity index (χ1n) is 12.2. The van der Waals surface area contributed by atoms with Gasteiger partial charge in [-0.3, -0.25) is 14.4 Å². The monoisotopic (exact) mass is 522 g/mol. The standard InChI is InChI=1S/C26H34O11/c1-12-10-19-26(25(7,37-26)22(31)36-19)21(35-15(4)29)20-23(5,9-8-17(30)24(20,6)32)18(34-14(3)28)11-16(12)33-13(2)27/h8-10,16-21,30,32H,11H2,1-7H3/b12-10-/t16-,17-,18+,19+,20-,21+,23-,24-,25+,26+/m1/s1. The van der Waals surface area contributed by atoms with Gasteiger partial charge in [0.2, 0.25) is 0 Å². The first kappa shape index (κ1) is 27.3. The lowest BCUT2D eigenvalue weighted by Gasteiger charge is -2.54. The number of aliphatic hydroxyl groups is 2. The van der Waals surface area contributed by atoms with Gasteiger partial charge in [0.1, 0.15) is 24.4 Å². The third kappa shape index (κ3) is 3.98. The van der Waals surface area contributed by atoms with Crippen LogP contribution in [0.2, 0.25) is 0 Å². The summed E-state index contributed by atoms with van der Waals surface area (Å²) in [5, 5.41) is 22.6. The van der Waals surface area contributed by atoms with Crippen molar-refractivity contribution in [2.24, 2.45) is 11.3 Å². The second-order valence-corrected chi connectivity index (χ2v) is 11.0. The zero-order valence-electron chi connectivity index (χ0n) is 22.0. The molecule has 1 spiro atoms. The van der Waals surface area contributed by atoms with Crippen LogP contribution in [0.1, 0.15) is 54.9 Å². The number of carbonyl (C=O) groups is 4. The third-order valence-electron chi connectivity index (χ3n) is 8.34. The average molecular weight is 523 g/mol. The Morgan fingerprint density at radius 1 is 1.03 bits per heavy atom. The minimum Gasteiger partial charge on any atom is -0.461 e. The predicted octanol–water partition coefficient (Wildman–Crippen LogP) is 0.889. The lowest BCUT2D eigenvalue weighted by Crippen LogP contribution is -2.67. The highest BCUT2D eigenvalue weighted by molar-refractivity contribution is 5.89. The molecule has 2 fully saturated rings. The number of rotatable bonds is 3. The smallest absolute Gasteiger partial charge is 0.342 e. The van der Waals surface area contributed by atoms with Crippen LogP contribution in [0.4, 0.5) is 0 Å². The summed E-state index contributed by atoms with van der Waals surface area (Å²) < 4.78 is 28.9. The van der Waals surface area contributed by atoms with Crippen LogP contribution in [0.15, 0.2) is 23.8 Å². The molecular formula is C26H34O11. The largest absolute Gasteiger partial charge is 0.461 e. The fraction of sp³-hybridized carbons (Fsp3) is 0.692. The Bertz CT molecular complexity index is 1090. The molecule has 204 valence electrons. The van der Waals surface area contributed by atoms with E-state index in [9.17, 15) is 29.4 Å². The molecule has 2 aliphatic heterocycles. The van der Waals surface area contributed by atoms with Crippen LogP contribution in [0.25, 0.3) is 0 Å². The minimum absolute atomic E-state index is 0.0242. The van der Waals surface area contributed by atoms with Crippen molar-refractivity contribution in [1.29, 1.82) is 0 Å². The molecule has 0 aromatic rings. The topological polar surface area (TPSA) is 158 Å². The first-order valence-corrected chi connectivity index (χ1v) is 12.2. The molecule has 2 heterocycles. The van der Waals surface area contributed by atoms with Crippen molar-refractivity contribution in [1.82, 2.24) is 0 Å². The molecule has 0 radical (unpaired) electrons. The van der Waals surface area contributed by atoms with Crippen molar-refractivity contribution in [3.8, 4) is 0 Å². The second kappa shape index (κ2) is 8.64. The summed E-state index contributed by atoms with van der Waals surface area (Å²) in [6.45, 7) is 9.91. The van der Waals surface area contributed by atoms with Crippen LogP contribution in [-0.4, -0.2) is 81.4 Å². The first-order chi connectivity index (χ1) is 17.0. The van der Waals surface area contributed by atoms with Crippen molar-refractivity contribution >= 4 is 23.9 Å². The molecule has 0 aromatic heterocycles. The SMILES string of the molecule is CC(=O)O[C@H]1C[C@@H](OC(C)=O)/C(C)=C\[C@@H]2OC(=O)[C@]3(C)O[C@]23[C@@H](OC(C)=O)[C@H]2[C@](C)(O)[C@H](O)C=C[C@]12C. The molecule has 4 aliphatic rings. The normalized spacial score (nSPS) is 47.7. The second-order valence-electron chi connectivity index (χ2n) is 11.0. The van der Waals surface area contributed by atoms with Gasteiger partial charge in [0.15, 0.2) is 17.3 Å². The number of carbonyl (C=O) groups excluding carboxylic acids is 4. The van der Waals surface area contributed by atoms with Gasteiger partial charge in [-0.1, -0.05) is 19.1 Å². The molecule has 11 nitrogen and oxygen atoms in total. The van der Waals surface area contributed by atoms with Gasteiger partial charge in [-0.15, -0.1) is 0 Å². The van der Waals surface area contributed by atoms with Gasteiger partial charge in [0, 0.05) is 38.5 Å². The van der Waals surface area contributed by atoms with Gasteiger partial charge >= 0.3 is 23.9 Å². The van der Waals surface area contributed by atoms with E-state index >= 15 is 0 Å². The Morgan fingerprint density at radius 3 is 2.16 bits per heavy atom. The van der Waals surface area contributed by atoms with Gasteiger partial charge < -0.3 is 33.9 Å². The molecule has 0 unspecified atom stereocenters. The van der Waals surface area contributed by atoms with E-state index in [2.05, 4.69) is 0 Å². The van der Waals surface area contributed by atoms with Crippen molar-refractivity contribution < 1.29 is 53.1 Å². The molecule has 4 rings (SSSR count). The van der Waals surface area contributed by atoms with Crippen molar-refractivity contribution in [3.63, 3.8) is 0 Å².